The monoisotopic (exact) mass is 375 g/mol. The van der Waals surface area contributed by atoms with Gasteiger partial charge in [-0.2, -0.15) is 0 Å². The molecule has 1 aromatic heterocycles. The minimum atomic E-state index is -0.515. The van der Waals surface area contributed by atoms with Crippen molar-refractivity contribution in [1.29, 1.82) is 0 Å². The number of nitrogens with one attached hydrogen (secondary N) is 1. The maximum Gasteiger partial charge on any atom is 0.146 e. The fraction of sp³-hybridized carbons (Fsp3) is 0.333. The van der Waals surface area contributed by atoms with Crippen molar-refractivity contribution in [1.82, 2.24) is 5.32 Å². The zero-order chi connectivity index (χ0) is 15.2. The van der Waals surface area contributed by atoms with Gasteiger partial charge < -0.3 is 14.5 Å². The predicted octanol–water partition coefficient (Wildman–Crippen LogP) is 4.91. The molecule has 0 spiro atoms. The van der Waals surface area contributed by atoms with Crippen LogP contribution in [0.15, 0.2) is 33.4 Å². The Morgan fingerprint density at radius 3 is 3.00 bits per heavy atom. The molecule has 0 atom stereocenters. The van der Waals surface area contributed by atoms with E-state index < -0.39 is 5.82 Å². The largest absolute Gasteiger partial charge is 0.484 e. The highest BCUT2D eigenvalue weighted by Gasteiger charge is 2.11. The van der Waals surface area contributed by atoms with Gasteiger partial charge >= 0.3 is 0 Å². The summed E-state index contributed by atoms with van der Waals surface area (Å²) in [6.07, 6.45) is 2.69. The summed E-state index contributed by atoms with van der Waals surface area (Å²) in [6, 6.07) is 4.63. The average Bonchev–Trinajstić information content (AvgIpc) is 2.89. The van der Waals surface area contributed by atoms with Gasteiger partial charge in [0.1, 0.15) is 23.9 Å². The first kappa shape index (κ1) is 16.3. The number of halogens is 3. The second kappa shape index (κ2) is 7.82. The molecule has 0 fully saturated rings. The van der Waals surface area contributed by atoms with Gasteiger partial charge in [-0.1, -0.05) is 18.5 Å². The van der Waals surface area contributed by atoms with Crippen molar-refractivity contribution in [2.75, 3.05) is 6.54 Å². The highest BCUT2D eigenvalue weighted by Crippen LogP contribution is 2.31. The zero-order valence-corrected chi connectivity index (χ0v) is 13.9. The van der Waals surface area contributed by atoms with Crippen LogP contribution in [-0.4, -0.2) is 6.54 Å². The predicted molar refractivity (Wildman–Crippen MR) is 84.1 cm³/mol. The van der Waals surface area contributed by atoms with Gasteiger partial charge in [-0.05, 0) is 41.0 Å². The number of ether oxygens (including phenoxy) is 1. The van der Waals surface area contributed by atoms with Crippen molar-refractivity contribution in [3.8, 4) is 5.75 Å². The first-order valence-electron chi connectivity index (χ1n) is 6.65. The minimum Gasteiger partial charge on any atom is -0.484 e. The number of hydrogen-bond acceptors (Lipinski definition) is 3. The van der Waals surface area contributed by atoms with Gasteiger partial charge in [-0.3, -0.25) is 0 Å². The van der Waals surface area contributed by atoms with E-state index in [-0.39, 0.29) is 11.6 Å². The molecule has 1 N–H and O–H groups in total. The fourth-order valence-corrected chi connectivity index (χ4v) is 2.56. The lowest BCUT2D eigenvalue weighted by atomic mass is 10.2. The van der Waals surface area contributed by atoms with E-state index in [1.165, 1.54) is 12.1 Å². The molecule has 2 rings (SSSR count). The van der Waals surface area contributed by atoms with Crippen LogP contribution < -0.4 is 10.1 Å². The second-order valence-electron chi connectivity index (χ2n) is 4.53. The highest BCUT2D eigenvalue weighted by molar-refractivity contribution is 9.10. The minimum absolute atomic E-state index is 0.0525. The smallest absolute Gasteiger partial charge is 0.146 e. The second-order valence-corrected chi connectivity index (χ2v) is 5.79. The van der Waals surface area contributed by atoms with Crippen LogP contribution in [0.1, 0.15) is 24.7 Å². The number of rotatable bonds is 7. The van der Waals surface area contributed by atoms with Crippen LogP contribution in [0, 0.1) is 5.82 Å². The molecule has 0 saturated carbocycles. The molecule has 114 valence electrons. The topological polar surface area (TPSA) is 34.4 Å². The lowest BCUT2D eigenvalue weighted by molar-refractivity contribution is 0.265. The van der Waals surface area contributed by atoms with E-state index in [9.17, 15) is 4.39 Å². The van der Waals surface area contributed by atoms with E-state index in [4.69, 9.17) is 20.8 Å². The Labute approximate surface area is 136 Å². The SMILES string of the molecule is CCCNCc1ccoc1COc1cc(F)c(Cl)cc1Br. The quantitative estimate of drug-likeness (QED) is 0.550. The van der Waals surface area contributed by atoms with Gasteiger partial charge in [0.2, 0.25) is 0 Å². The van der Waals surface area contributed by atoms with Crippen LogP contribution in [0.4, 0.5) is 4.39 Å². The van der Waals surface area contributed by atoms with Crippen LogP contribution in [0.2, 0.25) is 5.02 Å². The summed E-state index contributed by atoms with van der Waals surface area (Å²) in [4.78, 5) is 0. The molecule has 6 heteroatoms. The van der Waals surface area contributed by atoms with Crippen molar-refractivity contribution >= 4 is 27.5 Å². The van der Waals surface area contributed by atoms with E-state index in [0.717, 1.165) is 30.8 Å². The van der Waals surface area contributed by atoms with Crippen LogP contribution in [0.5, 0.6) is 5.75 Å². The van der Waals surface area contributed by atoms with Gasteiger partial charge in [-0.25, -0.2) is 4.39 Å². The molecule has 0 bridgehead atoms. The standard InChI is InChI=1S/C15H16BrClFNO2/c1-2-4-19-8-10-3-5-20-15(10)9-21-14-7-13(18)12(17)6-11(14)16/h3,5-7,19H,2,4,8-9H2,1H3. The maximum absolute atomic E-state index is 13.4. The molecule has 0 aliphatic rings. The summed E-state index contributed by atoms with van der Waals surface area (Å²) in [5.41, 5.74) is 1.04. The summed E-state index contributed by atoms with van der Waals surface area (Å²) in [5.74, 6) is 0.598. The lowest BCUT2D eigenvalue weighted by Crippen LogP contribution is -2.14. The van der Waals surface area contributed by atoms with E-state index >= 15 is 0 Å². The number of hydrogen-bond donors (Lipinski definition) is 1. The molecule has 0 unspecified atom stereocenters. The average molecular weight is 377 g/mol. The summed E-state index contributed by atoms with van der Waals surface area (Å²) in [6.45, 7) is 4.01. The molecular formula is C15H16BrClFNO2. The molecule has 0 amide bonds. The van der Waals surface area contributed by atoms with Gasteiger partial charge in [-0.15, -0.1) is 0 Å². The van der Waals surface area contributed by atoms with Crippen LogP contribution >= 0.6 is 27.5 Å². The lowest BCUT2D eigenvalue weighted by Gasteiger charge is -2.09. The first-order valence-corrected chi connectivity index (χ1v) is 7.82. The molecule has 2 aromatic rings. The molecule has 0 aliphatic heterocycles. The molecule has 21 heavy (non-hydrogen) atoms. The summed E-state index contributed by atoms with van der Waals surface area (Å²) in [5, 5.41) is 3.35. The third-order valence-corrected chi connectivity index (χ3v) is 3.82. The zero-order valence-electron chi connectivity index (χ0n) is 11.6. The molecule has 3 nitrogen and oxygen atoms in total. The Bertz CT molecular complexity index is 603. The van der Waals surface area contributed by atoms with Gasteiger partial charge in [0, 0.05) is 18.2 Å². The van der Waals surface area contributed by atoms with Crippen molar-refractivity contribution in [2.45, 2.75) is 26.5 Å². The Hall–Kier alpha value is -1.04. The summed E-state index contributed by atoms with van der Waals surface area (Å²) >= 11 is 8.99. The highest BCUT2D eigenvalue weighted by atomic mass is 79.9. The van der Waals surface area contributed by atoms with Gasteiger partial charge in [0.15, 0.2) is 0 Å². The Morgan fingerprint density at radius 2 is 2.24 bits per heavy atom. The first-order chi connectivity index (χ1) is 10.1. The molecular weight excluding hydrogens is 361 g/mol. The maximum atomic E-state index is 13.4. The van der Waals surface area contributed by atoms with Crippen LogP contribution in [0.25, 0.3) is 0 Å². The number of benzene rings is 1. The fourth-order valence-electron chi connectivity index (χ4n) is 1.81. The third-order valence-electron chi connectivity index (χ3n) is 2.91. The summed E-state index contributed by atoms with van der Waals surface area (Å²) < 4.78 is 25.1. The Kier molecular flexibility index (Phi) is 6.08. The van der Waals surface area contributed by atoms with Crippen molar-refractivity contribution in [3.05, 3.63) is 51.1 Å². The van der Waals surface area contributed by atoms with Crippen molar-refractivity contribution in [2.24, 2.45) is 0 Å². The molecule has 1 aromatic carbocycles. The van der Waals surface area contributed by atoms with Crippen molar-refractivity contribution in [3.63, 3.8) is 0 Å². The van der Waals surface area contributed by atoms with Crippen molar-refractivity contribution < 1.29 is 13.5 Å². The van der Waals surface area contributed by atoms with E-state index in [2.05, 4.69) is 28.2 Å². The molecule has 0 radical (unpaired) electrons. The molecule has 0 saturated heterocycles. The molecule has 1 heterocycles. The van der Waals surface area contributed by atoms with Crippen LogP contribution in [-0.2, 0) is 13.2 Å². The normalized spacial score (nSPS) is 10.9. The number of furan rings is 1. The van der Waals surface area contributed by atoms with Crippen LogP contribution in [0.3, 0.4) is 0 Å². The Balaban J connectivity index is 2.00. The third kappa shape index (κ3) is 4.46. The Morgan fingerprint density at radius 1 is 1.43 bits per heavy atom. The van der Waals surface area contributed by atoms with Gasteiger partial charge in [0.25, 0.3) is 0 Å². The molecule has 0 aliphatic carbocycles. The summed E-state index contributed by atoms with van der Waals surface area (Å²) in [7, 11) is 0. The van der Waals surface area contributed by atoms with E-state index in [0.29, 0.717) is 10.2 Å². The van der Waals surface area contributed by atoms with Gasteiger partial charge in [0.05, 0.1) is 15.8 Å². The van der Waals surface area contributed by atoms with E-state index in [1.54, 1.807) is 6.26 Å². The van der Waals surface area contributed by atoms with E-state index in [1.807, 2.05) is 6.07 Å².